The Kier molecular flexibility index (Phi) is 4.39. The number of carbonyl (C=O) groups excluding carboxylic acids is 1. The molecule has 1 fully saturated rings. The highest BCUT2D eigenvalue weighted by Gasteiger charge is 2.63. The van der Waals surface area contributed by atoms with Gasteiger partial charge in [0.1, 0.15) is 17.6 Å². The van der Waals surface area contributed by atoms with E-state index in [1.165, 1.54) is 30.5 Å². The molecule has 3 heterocycles. The number of aliphatic imine (C=N–C) groups is 1. The number of rotatable bonds is 3. The van der Waals surface area contributed by atoms with E-state index in [9.17, 15) is 9.18 Å². The Labute approximate surface area is 164 Å². The summed E-state index contributed by atoms with van der Waals surface area (Å²) in [6.45, 7) is -0.912. The summed E-state index contributed by atoms with van der Waals surface area (Å²) in [5.74, 6) is -1.31. The Morgan fingerprint density at radius 2 is 2.14 bits per heavy atom. The number of anilines is 1. The van der Waals surface area contributed by atoms with Gasteiger partial charge >= 0.3 is 0 Å². The predicted molar refractivity (Wildman–Crippen MR) is 97.2 cm³/mol. The van der Waals surface area contributed by atoms with E-state index in [1.807, 2.05) is 6.07 Å². The number of hydrogen-bond donors (Lipinski definition) is 2. The lowest BCUT2D eigenvalue weighted by Crippen LogP contribution is -2.57. The summed E-state index contributed by atoms with van der Waals surface area (Å²) in [7, 11) is 0. The van der Waals surface area contributed by atoms with Gasteiger partial charge in [-0.2, -0.15) is 5.26 Å². The van der Waals surface area contributed by atoms with Gasteiger partial charge in [0.2, 0.25) is 5.60 Å². The van der Waals surface area contributed by atoms with Crippen LogP contribution in [0, 0.1) is 17.1 Å². The summed E-state index contributed by atoms with van der Waals surface area (Å²) in [5, 5.41) is 11.4. The smallest absolute Gasteiger partial charge is 0.283 e. The van der Waals surface area contributed by atoms with Gasteiger partial charge < -0.3 is 20.5 Å². The van der Waals surface area contributed by atoms with Gasteiger partial charge in [-0.25, -0.2) is 18.8 Å². The summed E-state index contributed by atoms with van der Waals surface area (Å²) in [5.41, 5.74) is 2.13. The molecule has 1 aromatic carbocycles. The number of nitrogens with two attached hydrogens (primary N) is 1. The molecule has 1 aromatic heterocycles. The topological polar surface area (TPSA) is 123 Å². The molecule has 2 atom stereocenters. The van der Waals surface area contributed by atoms with Crippen molar-refractivity contribution in [2.75, 3.05) is 25.1 Å². The van der Waals surface area contributed by atoms with E-state index in [2.05, 4.69) is 15.3 Å². The third-order valence-corrected chi connectivity index (χ3v) is 4.91. The quantitative estimate of drug-likeness (QED) is 0.809. The average molecular weight is 399 g/mol. The molecule has 4 rings (SSSR count). The minimum Gasteiger partial charge on any atom is -0.448 e. The number of benzene rings is 1. The minimum atomic E-state index is -2.10. The van der Waals surface area contributed by atoms with Gasteiger partial charge in [0.05, 0.1) is 25.3 Å². The van der Waals surface area contributed by atoms with Crippen LogP contribution >= 0.6 is 0 Å². The van der Waals surface area contributed by atoms with Gasteiger partial charge in [-0.3, -0.25) is 4.79 Å². The zero-order valence-electron chi connectivity index (χ0n) is 15.0. The van der Waals surface area contributed by atoms with Gasteiger partial charge in [-0.1, -0.05) is 0 Å². The monoisotopic (exact) mass is 399 g/mol. The highest BCUT2D eigenvalue weighted by molar-refractivity contribution is 6.02. The molecule has 8 nitrogen and oxygen atoms in total. The van der Waals surface area contributed by atoms with Crippen molar-refractivity contribution < 1.29 is 23.0 Å². The molecule has 10 heteroatoms. The molecule has 3 N–H and O–H groups in total. The number of aromatic nitrogens is 1. The number of pyridine rings is 1. The molecule has 0 unspecified atom stereocenters. The largest absolute Gasteiger partial charge is 0.448 e. The van der Waals surface area contributed by atoms with Gasteiger partial charge in [0.25, 0.3) is 11.9 Å². The van der Waals surface area contributed by atoms with Crippen molar-refractivity contribution in [1.29, 1.82) is 5.26 Å². The summed E-state index contributed by atoms with van der Waals surface area (Å²) >= 11 is 0. The van der Waals surface area contributed by atoms with Crippen LogP contribution in [-0.4, -0.2) is 42.3 Å². The maximum absolute atomic E-state index is 15.5. The SMILES string of the molecule is N#Cc1ccc(C(=O)Nc2ccc(F)c([C@]34COC[C@]3(F)CN=C(N)O4)c2)nc1. The number of amides is 1. The highest BCUT2D eigenvalue weighted by atomic mass is 19.1. The number of alkyl halides is 1. The number of ether oxygens (including phenoxy) is 2. The minimum absolute atomic E-state index is 0.0578. The molecule has 1 saturated heterocycles. The Bertz CT molecular complexity index is 1050. The second kappa shape index (κ2) is 6.79. The van der Waals surface area contributed by atoms with E-state index < -0.39 is 23.0 Å². The molecule has 2 aliphatic rings. The molecule has 29 heavy (non-hydrogen) atoms. The first-order valence-electron chi connectivity index (χ1n) is 8.60. The second-order valence-corrected chi connectivity index (χ2v) is 6.73. The second-order valence-electron chi connectivity index (χ2n) is 6.73. The predicted octanol–water partition coefficient (Wildman–Crippen LogP) is 1.62. The lowest BCUT2D eigenvalue weighted by Gasteiger charge is -2.40. The molecular weight excluding hydrogens is 384 g/mol. The summed E-state index contributed by atoms with van der Waals surface area (Å²) < 4.78 is 40.9. The Morgan fingerprint density at radius 3 is 2.86 bits per heavy atom. The molecule has 0 bridgehead atoms. The normalized spacial score (nSPS) is 25.3. The van der Waals surface area contributed by atoms with Crippen molar-refractivity contribution in [2.45, 2.75) is 11.3 Å². The van der Waals surface area contributed by atoms with E-state index in [1.54, 1.807) is 0 Å². The van der Waals surface area contributed by atoms with E-state index in [-0.39, 0.29) is 42.7 Å². The first-order chi connectivity index (χ1) is 13.9. The van der Waals surface area contributed by atoms with E-state index >= 15 is 4.39 Å². The number of fused-ring (bicyclic) bond motifs is 1. The highest BCUT2D eigenvalue weighted by Crippen LogP contribution is 2.48. The van der Waals surface area contributed by atoms with Crippen LogP contribution in [0.2, 0.25) is 0 Å². The molecule has 0 radical (unpaired) electrons. The fourth-order valence-electron chi connectivity index (χ4n) is 3.39. The number of hydrogen-bond acceptors (Lipinski definition) is 7. The maximum atomic E-state index is 15.5. The van der Waals surface area contributed by atoms with Gasteiger partial charge in [-0.05, 0) is 30.3 Å². The summed E-state index contributed by atoms with van der Waals surface area (Å²) in [6, 6.07) is 8.17. The van der Waals surface area contributed by atoms with Crippen LogP contribution in [0.4, 0.5) is 14.5 Å². The molecule has 2 aliphatic heterocycles. The van der Waals surface area contributed by atoms with Crippen LogP contribution in [-0.2, 0) is 15.1 Å². The number of nitriles is 1. The number of amidine groups is 1. The average Bonchev–Trinajstić information content (AvgIpc) is 3.06. The zero-order valence-corrected chi connectivity index (χ0v) is 15.0. The molecule has 0 saturated carbocycles. The first-order valence-corrected chi connectivity index (χ1v) is 8.60. The van der Waals surface area contributed by atoms with Gasteiger partial charge in [0, 0.05) is 17.4 Å². The number of nitrogens with zero attached hydrogens (tertiary/aromatic N) is 3. The van der Waals surface area contributed by atoms with Crippen LogP contribution in [0.3, 0.4) is 0 Å². The number of halogens is 2. The Morgan fingerprint density at radius 1 is 1.31 bits per heavy atom. The lowest BCUT2D eigenvalue weighted by molar-refractivity contribution is -0.0718. The van der Waals surface area contributed by atoms with Gasteiger partial charge in [0.15, 0.2) is 5.67 Å². The Balaban J connectivity index is 1.67. The number of nitrogens with one attached hydrogen (secondary N) is 1. The van der Waals surface area contributed by atoms with E-state index in [0.717, 1.165) is 6.07 Å². The molecule has 0 aliphatic carbocycles. The van der Waals surface area contributed by atoms with Crippen molar-refractivity contribution in [3.63, 3.8) is 0 Å². The van der Waals surface area contributed by atoms with Gasteiger partial charge in [-0.15, -0.1) is 0 Å². The molecule has 1 amide bonds. The van der Waals surface area contributed by atoms with Crippen molar-refractivity contribution in [2.24, 2.45) is 10.7 Å². The van der Waals surface area contributed by atoms with E-state index in [4.69, 9.17) is 20.5 Å². The maximum Gasteiger partial charge on any atom is 0.283 e. The fraction of sp³-hybridized carbons (Fsp3) is 0.263. The van der Waals surface area contributed by atoms with Crippen LogP contribution < -0.4 is 11.1 Å². The standard InChI is InChI=1S/C19H15F2N5O3/c20-14-3-2-12(26-16(27)15-4-1-11(6-22)7-24-15)5-13(14)19-10-28-9-18(19,21)8-25-17(23)29-19/h1-5,7H,8-10H2,(H2,23,25)(H,26,27)/t18-,19-/m1/s1. The molecular formula is C19H15F2N5O3. The molecule has 148 valence electrons. The van der Waals surface area contributed by atoms with Crippen molar-refractivity contribution in [1.82, 2.24) is 4.98 Å². The van der Waals surface area contributed by atoms with Crippen molar-refractivity contribution >= 4 is 17.6 Å². The summed E-state index contributed by atoms with van der Waals surface area (Å²) in [4.78, 5) is 20.1. The van der Waals surface area contributed by atoms with Crippen LogP contribution in [0.5, 0.6) is 0 Å². The molecule has 2 aromatic rings. The van der Waals surface area contributed by atoms with Crippen LogP contribution in [0.1, 0.15) is 21.6 Å². The van der Waals surface area contributed by atoms with Crippen LogP contribution in [0.15, 0.2) is 41.5 Å². The Hall–Kier alpha value is -3.58. The zero-order chi connectivity index (χ0) is 20.6. The number of carbonyl (C=O) groups is 1. The van der Waals surface area contributed by atoms with E-state index in [0.29, 0.717) is 5.56 Å². The fourth-order valence-corrected chi connectivity index (χ4v) is 3.39. The van der Waals surface area contributed by atoms with Crippen LogP contribution in [0.25, 0.3) is 0 Å². The van der Waals surface area contributed by atoms with Crippen molar-refractivity contribution in [3.05, 3.63) is 59.2 Å². The first kappa shape index (κ1) is 18.8. The van der Waals surface area contributed by atoms with Crippen molar-refractivity contribution in [3.8, 4) is 6.07 Å². The lowest BCUT2D eigenvalue weighted by atomic mass is 9.80. The third kappa shape index (κ3) is 3.05. The third-order valence-electron chi connectivity index (χ3n) is 4.91. The summed E-state index contributed by atoms with van der Waals surface area (Å²) in [6.07, 6.45) is 1.26. The molecule has 0 spiro atoms.